The smallest absolute Gasteiger partial charge is 0.319 e. The monoisotopic (exact) mass is 266 g/mol. The minimum atomic E-state index is -3.73. The van der Waals surface area contributed by atoms with E-state index in [2.05, 4.69) is 0 Å². The molecular formula is C10H19O6P. The zero-order chi connectivity index (χ0) is 13.7. The number of unbranched alkanes of at least 4 members (excludes halogenated alkanes) is 2. The van der Waals surface area contributed by atoms with Crippen LogP contribution in [0.5, 0.6) is 0 Å². The van der Waals surface area contributed by atoms with E-state index in [-0.39, 0.29) is 12.8 Å². The van der Waals surface area contributed by atoms with Gasteiger partial charge in [-0.3, -0.25) is 14.2 Å². The van der Waals surface area contributed by atoms with Crippen LogP contribution in [0.25, 0.3) is 0 Å². The van der Waals surface area contributed by atoms with Gasteiger partial charge in [-0.25, -0.2) is 0 Å². The first-order valence-corrected chi connectivity index (χ1v) is 7.47. The molecule has 0 aromatic heterocycles. The molecule has 6 nitrogen and oxygen atoms in total. The SMILES string of the molecule is CC(CCCCCC(=O)O)(C(=O)O)P(C)(=O)O. The van der Waals surface area contributed by atoms with Crippen molar-refractivity contribution in [2.45, 2.75) is 44.2 Å². The second-order valence-electron chi connectivity index (χ2n) is 4.41. The molecule has 0 heterocycles. The van der Waals surface area contributed by atoms with Crippen molar-refractivity contribution in [3.63, 3.8) is 0 Å². The normalized spacial score (nSPS) is 18.1. The minimum Gasteiger partial charge on any atom is -0.481 e. The molecule has 0 bridgehead atoms. The Hall–Kier alpha value is -0.870. The first-order chi connectivity index (χ1) is 7.61. The average molecular weight is 266 g/mol. The fourth-order valence-corrected chi connectivity index (χ4v) is 2.34. The van der Waals surface area contributed by atoms with Gasteiger partial charge in [-0.15, -0.1) is 0 Å². The van der Waals surface area contributed by atoms with E-state index in [0.29, 0.717) is 19.3 Å². The van der Waals surface area contributed by atoms with Crippen molar-refractivity contribution in [3.05, 3.63) is 0 Å². The van der Waals surface area contributed by atoms with Gasteiger partial charge in [0.25, 0.3) is 0 Å². The van der Waals surface area contributed by atoms with Gasteiger partial charge in [0.15, 0.2) is 0 Å². The van der Waals surface area contributed by atoms with Crippen molar-refractivity contribution >= 4 is 19.3 Å². The van der Waals surface area contributed by atoms with E-state index in [0.717, 1.165) is 6.66 Å². The molecule has 0 saturated carbocycles. The average Bonchev–Trinajstić information content (AvgIpc) is 2.14. The van der Waals surface area contributed by atoms with Gasteiger partial charge in [0.2, 0.25) is 7.37 Å². The first kappa shape index (κ1) is 16.1. The summed E-state index contributed by atoms with van der Waals surface area (Å²) in [6.07, 6.45) is 1.52. The predicted octanol–water partition coefficient (Wildman–Crippen LogP) is 1.77. The molecule has 0 fully saturated rings. The Kier molecular flexibility index (Phi) is 5.85. The molecule has 2 atom stereocenters. The highest BCUT2D eigenvalue weighted by Gasteiger charge is 2.46. The summed E-state index contributed by atoms with van der Waals surface area (Å²) in [7, 11) is -3.73. The molecule has 0 aliphatic rings. The highest BCUT2D eigenvalue weighted by atomic mass is 31.2. The lowest BCUT2D eigenvalue weighted by molar-refractivity contribution is -0.140. The maximum Gasteiger partial charge on any atom is 0.319 e. The van der Waals surface area contributed by atoms with E-state index in [1.807, 2.05) is 0 Å². The van der Waals surface area contributed by atoms with E-state index >= 15 is 0 Å². The molecule has 100 valence electrons. The first-order valence-electron chi connectivity index (χ1n) is 5.37. The molecule has 0 aliphatic carbocycles. The van der Waals surface area contributed by atoms with Crippen molar-refractivity contribution < 1.29 is 29.3 Å². The number of carbonyl (C=O) groups is 2. The van der Waals surface area contributed by atoms with Crippen LogP contribution in [0.1, 0.15) is 39.0 Å². The zero-order valence-corrected chi connectivity index (χ0v) is 10.9. The summed E-state index contributed by atoms with van der Waals surface area (Å²) in [6.45, 7) is 2.30. The molecule has 0 rings (SSSR count). The summed E-state index contributed by atoms with van der Waals surface area (Å²) in [5.74, 6) is -2.18. The highest BCUT2D eigenvalue weighted by molar-refractivity contribution is 7.60. The fourth-order valence-electron chi connectivity index (χ4n) is 1.41. The molecule has 3 N–H and O–H groups in total. The lowest BCUT2D eigenvalue weighted by Crippen LogP contribution is -2.34. The Morgan fingerprint density at radius 2 is 1.71 bits per heavy atom. The maximum atomic E-state index is 11.5. The van der Waals surface area contributed by atoms with E-state index in [1.165, 1.54) is 6.92 Å². The van der Waals surface area contributed by atoms with Gasteiger partial charge in [-0.1, -0.05) is 12.8 Å². The summed E-state index contributed by atoms with van der Waals surface area (Å²) >= 11 is 0. The summed E-state index contributed by atoms with van der Waals surface area (Å²) < 4.78 is 11.5. The second-order valence-corrected chi connectivity index (χ2v) is 7.16. The van der Waals surface area contributed by atoms with Crippen molar-refractivity contribution in [1.29, 1.82) is 0 Å². The van der Waals surface area contributed by atoms with Gasteiger partial charge in [-0.2, -0.15) is 0 Å². The number of carboxylic acid groups (broad SMARTS) is 2. The third-order valence-corrected chi connectivity index (χ3v) is 5.18. The molecule has 0 spiro atoms. The minimum absolute atomic E-state index is 0.0344. The fraction of sp³-hybridized carbons (Fsp3) is 0.800. The Morgan fingerprint density at radius 3 is 2.06 bits per heavy atom. The van der Waals surface area contributed by atoms with Gasteiger partial charge in [0.05, 0.1) is 0 Å². The van der Waals surface area contributed by atoms with Crippen LogP contribution in [0, 0.1) is 0 Å². The summed E-state index contributed by atoms with van der Waals surface area (Å²) in [5, 5.41) is 15.8. The molecule has 2 unspecified atom stereocenters. The molecular weight excluding hydrogens is 247 g/mol. The molecule has 0 amide bonds. The number of carboxylic acids is 2. The van der Waals surface area contributed by atoms with Crippen LogP contribution in [0.4, 0.5) is 0 Å². The highest BCUT2D eigenvalue weighted by Crippen LogP contribution is 2.53. The van der Waals surface area contributed by atoms with Gasteiger partial charge in [0.1, 0.15) is 5.16 Å². The van der Waals surface area contributed by atoms with Crippen molar-refractivity contribution in [2.75, 3.05) is 6.66 Å². The molecule has 0 aliphatic heterocycles. The quantitative estimate of drug-likeness (QED) is 0.456. The Labute approximate surface area is 100 Å². The lowest BCUT2D eigenvalue weighted by Gasteiger charge is -2.27. The van der Waals surface area contributed by atoms with E-state index < -0.39 is 24.5 Å². The van der Waals surface area contributed by atoms with Gasteiger partial charge >= 0.3 is 11.9 Å². The molecule has 17 heavy (non-hydrogen) atoms. The van der Waals surface area contributed by atoms with Crippen LogP contribution < -0.4 is 0 Å². The van der Waals surface area contributed by atoms with E-state index in [1.54, 1.807) is 0 Å². The van der Waals surface area contributed by atoms with Gasteiger partial charge in [0, 0.05) is 13.1 Å². The number of rotatable bonds is 8. The van der Waals surface area contributed by atoms with Crippen LogP contribution in [-0.4, -0.2) is 38.9 Å². The van der Waals surface area contributed by atoms with Crippen LogP contribution >= 0.6 is 7.37 Å². The van der Waals surface area contributed by atoms with Crippen LogP contribution in [0.3, 0.4) is 0 Å². The lowest BCUT2D eigenvalue weighted by atomic mass is 10.0. The third-order valence-electron chi connectivity index (χ3n) is 2.93. The Balaban J connectivity index is 4.27. The topological polar surface area (TPSA) is 112 Å². The third kappa shape index (κ3) is 4.88. The number of hydrogen-bond donors (Lipinski definition) is 3. The summed E-state index contributed by atoms with van der Waals surface area (Å²) in [6, 6.07) is 0. The standard InChI is InChI=1S/C10H19O6P/c1-10(9(13)14,17(2,15)16)7-5-3-4-6-8(11)12/h3-7H2,1-2H3,(H,11,12)(H,13,14)(H,15,16). The molecule has 0 saturated heterocycles. The molecule has 7 heteroatoms. The molecule has 0 aromatic carbocycles. The van der Waals surface area contributed by atoms with Gasteiger partial charge in [-0.05, 0) is 19.8 Å². The molecule has 0 aromatic rings. The van der Waals surface area contributed by atoms with Crippen molar-refractivity contribution in [3.8, 4) is 0 Å². The Morgan fingerprint density at radius 1 is 1.18 bits per heavy atom. The van der Waals surface area contributed by atoms with E-state index in [9.17, 15) is 19.0 Å². The Bertz CT molecular complexity index is 334. The van der Waals surface area contributed by atoms with Crippen LogP contribution in [-0.2, 0) is 14.2 Å². The van der Waals surface area contributed by atoms with E-state index in [4.69, 9.17) is 10.2 Å². The van der Waals surface area contributed by atoms with Crippen LogP contribution in [0.2, 0.25) is 0 Å². The van der Waals surface area contributed by atoms with Crippen molar-refractivity contribution in [2.24, 2.45) is 0 Å². The second kappa shape index (κ2) is 6.17. The number of hydrogen-bond acceptors (Lipinski definition) is 3. The maximum absolute atomic E-state index is 11.5. The zero-order valence-electron chi connectivity index (χ0n) is 10.0. The van der Waals surface area contributed by atoms with Gasteiger partial charge < -0.3 is 15.1 Å². The largest absolute Gasteiger partial charge is 0.481 e. The predicted molar refractivity (Wildman–Crippen MR) is 62.5 cm³/mol. The van der Waals surface area contributed by atoms with Crippen molar-refractivity contribution in [1.82, 2.24) is 0 Å². The summed E-state index contributed by atoms with van der Waals surface area (Å²) in [4.78, 5) is 30.7. The summed E-state index contributed by atoms with van der Waals surface area (Å²) in [5.41, 5.74) is 0. The molecule has 0 radical (unpaired) electrons. The van der Waals surface area contributed by atoms with Crippen LogP contribution in [0.15, 0.2) is 0 Å². The number of aliphatic carboxylic acids is 2.